The third kappa shape index (κ3) is 5.13. The fraction of sp³-hybridized carbons (Fsp3) is 0.375. The summed E-state index contributed by atoms with van der Waals surface area (Å²) in [6.45, 7) is 5.20. The number of ether oxygens (including phenoxy) is 1. The molecule has 10 heteroatoms. The van der Waals surface area contributed by atoms with Crippen LogP contribution in [0.4, 0.5) is 5.95 Å². The van der Waals surface area contributed by atoms with Crippen LogP contribution < -0.4 is 4.90 Å². The van der Waals surface area contributed by atoms with E-state index in [0.717, 1.165) is 54.0 Å². The van der Waals surface area contributed by atoms with E-state index in [1.54, 1.807) is 24.2 Å². The van der Waals surface area contributed by atoms with Gasteiger partial charge in [-0.2, -0.15) is 4.98 Å². The summed E-state index contributed by atoms with van der Waals surface area (Å²) >= 11 is 1.70. The van der Waals surface area contributed by atoms with Crippen LogP contribution in [0.2, 0.25) is 0 Å². The van der Waals surface area contributed by atoms with Crippen LogP contribution >= 0.6 is 11.8 Å². The number of benzene rings is 1. The topological polar surface area (TPSA) is 95.0 Å². The minimum Gasteiger partial charge on any atom is -0.378 e. The highest BCUT2D eigenvalue weighted by Crippen LogP contribution is 2.28. The molecule has 4 aromatic rings. The first-order chi connectivity index (χ1) is 16.8. The Hall–Kier alpha value is -3.24. The summed E-state index contributed by atoms with van der Waals surface area (Å²) in [5, 5.41) is 14.1. The van der Waals surface area contributed by atoms with E-state index in [0.29, 0.717) is 31.3 Å². The van der Waals surface area contributed by atoms with Crippen LogP contribution in [0, 0.1) is 0 Å². The van der Waals surface area contributed by atoms with E-state index >= 15 is 0 Å². The normalized spacial score (nSPS) is 14.0. The van der Waals surface area contributed by atoms with Gasteiger partial charge >= 0.3 is 0 Å². The Kier molecular flexibility index (Phi) is 7.16. The molecule has 1 aromatic carbocycles. The van der Waals surface area contributed by atoms with Crippen LogP contribution in [0.1, 0.15) is 24.8 Å². The van der Waals surface area contributed by atoms with E-state index in [2.05, 4.69) is 66.0 Å². The first kappa shape index (κ1) is 22.5. The Labute approximate surface area is 202 Å². The third-order valence-electron chi connectivity index (χ3n) is 5.66. The molecule has 1 saturated heterocycles. The molecule has 4 heterocycles. The molecule has 9 nitrogen and oxygen atoms in total. The number of hydrogen-bond acceptors (Lipinski definition) is 9. The summed E-state index contributed by atoms with van der Waals surface area (Å²) < 4.78 is 13.1. The molecular weight excluding hydrogens is 450 g/mol. The van der Waals surface area contributed by atoms with Gasteiger partial charge in [-0.3, -0.25) is 9.55 Å². The lowest BCUT2D eigenvalue weighted by Gasteiger charge is -2.28. The second-order valence-corrected chi connectivity index (χ2v) is 9.00. The maximum atomic E-state index is 5.53. The molecule has 0 spiro atoms. The number of pyridine rings is 1. The van der Waals surface area contributed by atoms with E-state index in [1.165, 1.54) is 5.56 Å². The highest BCUT2D eigenvalue weighted by Gasteiger charge is 2.22. The van der Waals surface area contributed by atoms with Gasteiger partial charge in [-0.1, -0.05) is 36.0 Å². The maximum Gasteiger partial charge on any atom is 0.232 e. The molecule has 1 aliphatic heterocycles. The van der Waals surface area contributed by atoms with E-state index < -0.39 is 0 Å². The van der Waals surface area contributed by atoms with Crippen molar-refractivity contribution in [1.29, 1.82) is 0 Å². The minimum atomic E-state index is 0.593. The Balaban J connectivity index is 1.28. The van der Waals surface area contributed by atoms with Crippen molar-refractivity contribution < 1.29 is 9.26 Å². The predicted molar refractivity (Wildman–Crippen MR) is 130 cm³/mol. The number of anilines is 1. The lowest BCUT2D eigenvalue weighted by atomic mass is 10.1. The molecule has 0 radical (unpaired) electrons. The zero-order valence-corrected chi connectivity index (χ0v) is 19.9. The molecule has 0 aliphatic carbocycles. The molecule has 0 atom stereocenters. The molecule has 5 rings (SSSR count). The average molecular weight is 478 g/mol. The van der Waals surface area contributed by atoms with Gasteiger partial charge in [0.2, 0.25) is 17.7 Å². The second-order valence-electron chi connectivity index (χ2n) is 7.94. The number of aromatic nitrogens is 6. The molecule has 34 heavy (non-hydrogen) atoms. The summed E-state index contributed by atoms with van der Waals surface area (Å²) in [6.07, 6.45) is 6.02. The average Bonchev–Trinajstić information content (AvgIpc) is 3.55. The summed E-state index contributed by atoms with van der Waals surface area (Å²) in [5.74, 6) is 2.97. The molecule has 3 aromatic heterocycles. The molecule has 1 aliphatic rings. The molecule has 1 fully saturated rings. The Morgan fingerprint density at radius 3 is 2.74 bits per heavy atom. The van der Waals surface area contributed by atoms with E-state index in [1.807, 2.05) is 12.1 Å². The highest BCUT2D eigenvalue weighted by molar-refractivity contribution is 7.99. The molecule has 0 N–H and O–H groups in total. The summed E-state index contributed by atoms with van der Waals surface area (Å²) in [4.78, 5) is 10.8. The summed E-state index contributed by atoms with van der Waals surface area (Å²) in [6, 6.07) is 12.3. The SMILES string of the molecule is CCc1cccc(-n2c(SCCCc3nc(-c4ccncc4)no3)nnc2N2CCOCC2)c1. The number of morpholine rings is 1. The smallest absolute Gasteiger partial charge is 0.232 e. The number of rotatable bonds is 9. The van der Waals surface area contributed by atoms with Crippen LogP contribution in [0.3, 0.4) is 0 Å². The van der Waals surface area contributed by atoms with Crippen molar-refractivity contribution in [2.45, 2.75) is 31.3 Å². The molecule has 176 valence electrons. The first-order valence-corrected chi connectivity index (χ1v) is 12.5. The lowest BCUT2D eigenvalue weighted by Crippen LogP contribution is -2.37. The van der Waals surface area contributed by atoms with E-state index in [-0.39, 0.29) is 0 Å². The number of hydrogen-bond donors (Lipinski definition) is 0. The van der Waals surface area contributed by atoms with Crippen molar-refractivity contribution >= 4 is 17.7 Å². The summed E-state index contributed by atoms with van der Waals surface area (Å²) in [5.41, 5.74) is 3.28. The molecule has 0 bridgehead atoms. The largest absolute Gasteiger partial charge is 0.378 e. The van der Waals surface area contributed by atoms with Gasteiger partial charge in [0.25, 0.3) is 0 Å². The zero-order chi connectivity index (χ0) is 23.2. The van der Waals surface area contributed by atoms with Crippen LogP contribution in [0.25, 0.3) is 17.1 Å². The maximum absolute atomic E-state index is 5.53. The van der Waals surface area contributed by atoms with E-state index in [9.17, 15) is 0 Å². The Bertz CT molecular complexity index is 1210. The lowest BCUT2D eigenvalue weighted by molar-refractivity contribution is 0.122. The predicted octanol–water partition coefficient (Wildman–Crippen LogP) is 3.84. The van der Waals surface area contributed by atoms with Gasteiger partial charge in [0.05, 0.1) is 18.9 Å². The minimum absolute atomic E-state index is 0.593. The van der Waals surface area contributed by atoms with Gasteiger partial charge in [0.1, 0.15) is 0 Å². The summed E-state index contributed by atoms with van der Waals surface area (Å²) in [7, 11) is 0. The monoisotopic (exact) mass is 477 g/mol. The first-order valence-electron chi connectivity index (χ1n) is 11.5. The Morgan fingerprint density at radius 2 is 1.91 bits per heavy atom. The zero-order valence-electron chi connectivity index (χ0n) is 19.1. The Morgan fingerprint density at radius 1 is 1.06 bits per heavy atom. The van der Waals surface area contributed by atoms with Gasteiger partial charge in [0.15, 0.2) is 5.16 Å². The van der Waals surface area contributed by atoms with Crippen molar-refractivity contribution in [2.75, 3.05) is 37.0 Å². The van der Waals surface area contributed by atoms with Crippen LogP contribution in [0.15, 0.2) is 58.5 Å². The van der Waals surface area contributed by atoms with Crippen molar-refractivity contribution in [3.05, 3.63) is 60.2 Å². The van der Waals surface area contributed by atoms with E-state index in [4.69, 9.17) is 9.26 Å². The fourth-order valence-corrected chi connectivity index (χ4v) is 4.71. The second kappa shape index (κ2) is 10.8. The van der Waals surface area contributed by atoms with Crippen molar-refractivity contribution in [3.63, 3.8) is 0 Å². The molecule has 0 saturated carbocycles. The van der Waals surface area contributed by atoms with Gasteiger partial charge in [0, 0.05) is 43.2 Å². The van der Waals surface area contributed by atoms with Crippen molar-refractivity contribution in [1.82, 2.24) is 29.9 Å². The van der Waals surface area contributed by atoms with Crippen molar-refractivity contribution in [2.24, 2.45) is 0 Å². The highest BCUT2D eigenvalue weighted by atomic mass is 32.2. The third-order valence-corrected chi connectivity index (χ3v) is 6.68. The van der Waals surface area contributed by atoms with Crippen LogP contribution in [-0.2, 0) is 17.6 Å². The molecule has 0 amide bonds. The van der Waals surface area contributed by atoms with Crippen LogP contribution in [0.5, 0.6) is 0 Å². The number of nitrogens with zero attached hydrogens (tertiary/aromatic N) is 7. The van der Waals surface area contributed by atoms with Gasteiger partial charge in [-0.25, -0.2) is 0 Å². The number of thioether (sulfide) groups is 1. The molecular formula is C24H27N7O2S. The number of aryl methyl sites for hydroxylation is 2. The van der Waals surface area contributed by atoms with Crippen molar-refractivity contribution in [3.8, 4) is 17.1 Å². The molecule has 0 unspecified atom stereocenters. The van der Waals surface area contributed by atoms with Gasteiger partial charge in [-0.05, 0) is 42.7 Å². The fourth-order valence-electron chi connectivity index (χ4n) is 3.83. The standard InChI is InChI=1S/C24H27N7O2S/c1-2-18-5-3-6-20(17-18)31-23(30-12-14-32-15-13-30)27-28-24(31)34-16-4-7-21-26-22(29-33-21)19-8-10-25-11-9-19/h3,5-6,8-11,17H,2,4,7,12-16H2,1H3. The quantitative estimate of drug-likeness (QED) is 0.263. The van der Waals surface area contributed by atoms with Gasteiger partial charge < -0.3 is 14.2 Å². The van der Waals surface area contributed by atoms with Crippen LogP contribution in [-0.4, -0.2) is 61.9 Å². The van der Waals surface area contributed by atoms with Gasteiger partial charge in [-0.15, -0.1) is 10.2 Å².